The second-order valence-corrected chi connectivity index (χ2v) is 8.33. The predicted molar refractivity (Wildman–Crippen MR) is 111 cm³/mol. The van der Waals surface area contributed by atoms with E-state index in [0.29, 0.717) is 13.2 Å². The number of nitrogens with zero attached hydrogens (tertiary/aromatic N) is 5. The van der Waals surface area contributed by atoms with Gasteiger partial charge in [0, 0.05) is 30.1 Å². The van der Waals surface area contributed by atoms with Crippen LogP contribution < -0.4 is 5.01 Å². The molecule has 0 amide bonds. The topological polar surface area (TPSA) is 83.6 Å². The number of benzene rings is 1. The first-order valence-corrected chi connectivity index (χ1v) is 10.6. The predicted octanol–water partition coefficient (Wildman–Crippen LogP) is 4.12. The number of nitro benzene ring substituents is 1. The van der Waals surface area contributed by atoms with Crippen molar-refractivity contribution in [3.05, 3.63) is 62.3 Å². The van der Waals surface area contributed by atoms with E-state index in [1.807, 2.05) is 5.01 Å². The van der Waals surface area contributed by atoms with Crippen LogP contribution in [0.5, 0.6) is 0 Å². The molecule has 2 aliphatic heterocycles. The molecule has 150 valence electrons. The highest BCUT2D eigenvalue weighted by molar-refractivity contribution is 7.10. The third-order valence-electron chi connectivity index (χ3n) is 5.89. The molecule has 0 radical (unpaired) electrons. The number of nitro groups is 1. The minimum atomic E-state index is -0.482. The fourth-order valence-corrected chi connectivity index (χ4v) is 5.31. The maximum atomic E-state index is 11.1. The number of ether oxygens (including phenoxy) is 1. The highest BCUT2D eigenvalue weighted by Gasteiger charge is 2.59. The first-order chi connectivity index (χ1) is 14.2. The third kappa shape index (κ3) is 2.97. The molecule has 2 fully saturated rings. The zero-order chi connectivity index (χ0) is 19.8. The number of hydrogen-bond acceptors (Lipinski definition) is 8. The van der Waals surface area contributed by atoms with Gasteiger partial charge in [-0.2, -0.15) is 5.11 Å². The number of thiophene rings is 1. The summed E-state index contributed by atoms with van der Waals surface area (Å²) in [4.78, 5) is 14.3. The second-order valence-electron chi connectivity index (χ2n) is 7.36. The maximum Gasteiger partial charge on any atom is 0.269 e. The van der Waals surface area contributed by atoms with Crippen LogP contribution in [0.3, 0.4) is 0 Å². The third-order valence-corrected chi connectivity index (χ3v) is 6.71. The van der Waals surface area contributed by atoms with Crippen molar-refractivity contribution in [1.29, 1.82) is 0 Å². The fraction of sp³-hybridized carbons (Fsp3) is 0.400. The van der Waals surface area contributed by atoms with Crippen LogP contribution in [0.4, 0.5) is 11.4 Å². The lowest BCUT2D eigenvalue weighted by Crippen LogP contribution is -2.64. The Kier molecular flexibility index (Phi) is 4.65. The number of fused-ring (bicyclic) bond motifs is 1. The van der Waals surface area contributed by atoms with Gasteiger partial charge in [-0.05, 0) is 48.1 Å². The Morgan fingerprint density at radius 3 is 2.72 bits per heavy atom. The zero-order valence-corrected chi connectivity index (χ0v) is 16.6. The molecular formula is C20H21N5O3S. The van der Waals surface area contributed by atoms with Crippen LogP contribution in [0.1, 0.15) is 17.7 Å². The van der Waals surface area contributed by atoms with Gasteiger partial charge in [-0.15, -0.1) is 11.3 Å². The number of morpholine rings is 1. The van der Waals surface area contributed by atoms with E-state index < -0.39 is 5.66 Å². The normalized spacial score (nSPS) is 28.2. The van der Waals surface area contributed by atoms with E-state index in [0.717, 1.165) is 31.6 Å². The van der Waals surface area contributed by atoms with Crippen LogP contribution in [-0.4, -0.2) is 47.8 Å². The van der Waals surface area contributed by atoms with Gasteiger partial charge in [-0.1, -0.05) is 11.3 Å². The van der Waals surface area contributed by atoms with Crippen LogP contribution in [0.25, 0.3) is 6.08 Å². The fourth-order valence-electron chi connectivity index (χ4n) is 4.63. The zero-order valence-electron chi connectivity index (χ0n) is 15.8. The molecule has 1 aromatic heterocycles. The van der Waals surface area contributed by atoms with E-state index in [1.54, 1.807) is 23.5 Å². The molecule has 3 aliphatic rings. The first kappa shape index (κ1) is 18.4. The van der Waals surface area contributed by atoms with Crippen LogP contribution >= 0.6 is 11.3 Å². The average molecular weight is 411 g/mol. The summed E-state index contributed by atoms with van der Waals surface area (Å²) in [5.74, 6) is 0. The monoisotopic (exact) mass is 411 g/mol. The summed E-state index contributed by atoms with van der Waals surface area (Å²) in [6, 6.07) is 10.8. The molecule has 1 aliphatic carbocycles. The molecule has 0 bridgehead atoms. The van der Waals surface area contributed by atoms with Crippen LogP contribution in [-0.2, 0) is 4.74 Å². The van der Waals surface area contributed by atoms with Crippen LogP contribution in [0, 0.1) is 10.1 Å². The summed E-state index contributed by atoms with van der Waals surface area (Å²) in [6.07, 6.45) is 4.15. The highest BCUT2D eigenvalue weighted by atomic mass is 32.1. The van der Waals surface area contributed by atoms with Gasteiger partial charge in [0.25, 0.3) is 5.69 Å². The molecule has 5 rings (SSSR count). The molecule has 0 spiro atoms. The quantitative estimate of drug-likeness (QED) is 0.558. The summed E-state index contributed by atoms with van der Waals surface area (Å²) in [5.41, 5.74) is 1.69. The highest BCUT2D eigenvalue weighted by Crippen LogP contribution is 2.51. The molecule has 8 nitrogen and oxygen atoms in total. The van der Waals surface area contributed by atoms with Crippen molar-refractivity contribution >= 4 is 28.8 Å². The van der Waals surface area contributed by atoms with Gasteiger partial charge in [0.05, 0.1) is 23.8 Å². The molecule has 2 unspecified atom stereocenters. The van der Waals surface area contributed by atoms with Crippen molar-refractivity contribution in [2.45, 2.75) is 24.5 Å². The SMILES string of the molecule is O=[N+]([O-])c1ccc(N2N=NC3CC/C(=C\c4cccs4)C32N2CCOCC2)cc1. The smallest absolute Gasteiger partial charge is 0.269 e. The van der Waals surface area contributed by atoms with Crippen molar-refractivity contribution < 1.29 is 9.66 Å². The minimum Gasteiger partial charge on any atom is -0.379 e. The van der Waals surface area contributed by atoms with E-state index in [9.17, 15) is 10.1 Å². The molecule has 1 aromatic carbocycles. The van der Waals surface area contributed by atoms with E-state index in [4.69, 9.17) is 4.74 Å². The summed E-state index contributed by atoms with van der Waals surface area (Å²) < 4.78 is 5.61. The van der Waals surface area contributed by atoms with Crippen molar-refractivity contribution in [2.75, 3.05) is 31.3 Å². The molecule has 3 heterocycles. The van der Waals surface area contributed by atoms with Gasteiger partial charge >= 0.3 is 0 Å². The van der Waals surface area contributed by atoms with Crippen molar-refractivity contribution in [1.82, 2.24) is 4.90 Å². The molecular weight excluding hydrogens is 390 g/mol. The number of anilines is 1. The number of non-ortho nitro benzene ring substituents is 1. The Labute approximate surface area is 172 Å². The van der Waals surface area contributed by atoms with Crippen molar-refractivity contribution in [3.63, 3.8) is 0 Å². The Bertz CT molecular complexity index is 953. The van der Waals surface area contributed by atoms with E-state index in [1.165, 1.54) is 22.6 Å². The summed E-state index contributed by atoms with van der Waals surface area (Å²) >= 11 is 1.72. The largest absolute Gasteiger partial charge is 0.379 e. The number of rotatable bonds is 4. The second kappa shape index (κ2) is 7.33. The van der Waals surface area contributed by atoms with E-state index in [-0.39, 0.29) is 16.7 Å². The van der Waals surface area contributed by atoms with Crippen molar-refractivity contribution in [3.8, 4) is 0 Å². The van der Waals surface area contributed by atoms with Gasteiger partial charge in [0.15, 0.2) is 5.66 Å². The molecule has 2 aromatic rings. The molecule has 1 saturated heterocycles. The number of hydrogen-bond donors (Lipinski definition) is 0. The Morgan fingerprint density at radius 2 is 2.03 bits per heavy atom. The lowest BCUT2D eigenvalue weighted by atomic mass is 9.94. The standard InChI is InChI=1S/C20H21N5O3S/c26-25(27)17-6-4-16(5-7-17)24-20(23-9-11-28-12-10-23)15(3-8-19(20)21-22-24)14-18-2-1-13-29-18/h1-2,4-7,13-14,19H,3,8-12H2/b15-14+. The van der Waals surface area contributed by atoms with Gasteiger partial charge < -0.3 is 4.74 Å². The minimum absolute atomic E-state index is 0.0296. The summed E-state index contributed by atoms with van der Waals surface area (Å²) in [5, 5.41) is 24.3. The van der Waals surface area contributed by atoms with E-state index in [2.05, 4.69) is 38.8 Å². The summed E-state index contributed by atoms with van der Waals surface area (Å²) in [6.45, 7) is 2.95. The van der Waals surface area contributed by atoms with Gasteiger partial charge in [-0.3, -0.25) is 15.0 Å². The molecule has 9 heteroatoms. The Morgan fingerprint density at radius 1 is 1.24 bits per heavy atom. The lowest BCUT2D eigenvalue weighted by molar-refractivity contribution is -0.384. The van der Waals surface area contributed by atoms with Gasteiger partial charge in [-0.25, -0.2) is 5.01 Å². The van der Waals surface area contributed by atoms with Gasteiger partial charge in [0.1, 0.15) is 6.04 Å². The Hall–Kier alpha value is -2.62. The molecule has 2 atom stereocenters. The molecule has 29 heavy (non-hydrogen) atoms. The Balaban J connectivity index is 1.61. The van der Waals surface area contributed by atoms with Crippen LogP contribution in [0.2, 0.25) is 0 Å². The van der Waals surface area contributed by atoms with Gasteiger partial charge in [0.2, 0.25) is 0 Å². The molecule has 1 saturated carbocycles. The van der Waals surface area contributed by atoms with E-state index >= 15 is 0 Å². The average Bonchev–Trinajstić information content (AvgIpc) is 3.47. The lowest BCUT2D eigenvalue weighted by Gasteiger charge is -2.47. The van der Waals surface area contributed by atoms with Crippen molar-refractivity contribution in [2.24, 2.45) is 10.3 Å². The van der Waals surface area contributed by atoms with Crippen LogP contribution in [0.15, 0.2) is 57.7 Å². The maximum absolute atomic E-state index is 11.1. The first-order valence-electron chi connectivity index (χ1n) is 9.72. The summed E-state index contributed by atoms with van der Waals surface area (Å²) in [7, 11) is 0. The molecule has 0 N–H and O–H groups in total.